The van der Waals surface area contributed by atoms with E-state index in [1.165, 1.54) is 19.2 Å². The summed E-state index contributed by atoms with van der Waals surface area (Å²) in [6, 6.07) is 13.8. The predicted molar refractivity (Wildman–Crippen MR) is 94.8 cm³/mol. The van der Waals surface area contributed by atoms with E-state index in [1.807, 2.05) is 30.3 Å². The summed E-state index contributed by atoms with van der Waals surface area (Å²) in [6.07, 6.45) is 1.24. The Morgan fingerprint density at radius 3 is 2.35 bits per heavy atom. The number of hydrogen-bond acceptors (Lipinski definition) is 3. The highest BCUT2D eigenvalue weighted by atomic mass is 19.1. The summed E-state index contributed by atoms with van der Waals surface area (Å²) in [4.78, 5) is 29.1. The number of hydrogen-bond donors (Lipinski definition) is 1. The number of carboxylic acid groups (broad SMARTS) is 1. The molecule has 0 aromatic heterocycles. The highest BCUT2D eigenvalue weighted by Crippen LogP contribution is 2.32. The molecule has 6 heteroatoms. The van der Waals surface area contributed by atoms with Gasteiger partial charge in [0.2, 0.25) is 0 Å². The van der Waals surface area contributed by atoms with Crippen LogP contribution in [0.1, 0.15) is 19.3 Å². The van der Waals surface area contributed by atoms with Crippen molar-refractivity contribution in [1.29, 1.82) is 0 Å². The van der Waals surface area contributed by atoms with Gasteiger partial charge in [0, 0.05) is 11.1 Å². The number of carbonyl (C=O) groups excluding carboxylic acids is 1. The van der Waals surface area contributed by atoms with Crippen molar-refractivity contribution < 1.29 is 23.9 Å². The van der Waals surface area contributed by atoms with Gasteiger partial charge in [-0.3, -0.25) is 9.63 Å². The van der Waals surface area contributed by atoms with E-state index < -0.39 is 17.7 Å². The molecule has 1 aliphatic rings. The topological polar surface area (TPSA) is 66.8 Å². The quantitative estimate of drug-likeness (QED) is 0.825. The molecule has 1 amide bonds. The molecule has 26 heavy (non-hydrogen) atoms. The van der Waals surface area contributed by atoms with Gasteiger partial charge in [-0.25, -0.2) is 9.18 Å². The minimum atomic E-state index is -1.12. The largest absolute Gasteiger partial charge is 0.478 e. The average molecular weight is 355 g/mol. The van der Waals surface area contributed by atoms with Crippen LogP contribution in [-0.4, -0.2) is 24.1 Å². The van der Waals surface area contributed by atoms with Crippen LogP contribution in [0.5, 0.6) is 0 Å². The molecule has 0 unspecified atom stereocenters. The predicted octanol–water partition coefficient (Wildman–Crippen LogP) is 3.95. The molecule has 3 rings (SSSR count). The summed E-state index contributed by atoms with van der Waals surface area (Å²) in [6.45, 7) is 0. The molecule has 0 spiro atoms. The summed E-state index contributed by atoms with van der Waals surface area (Å²) in [7, 11) is 1.25. The van der Waals surface area contributed by atoms with Gasteiger partial charge in [-0.15, -0.1) is 0 Å². The SMILES string of the molecule is CON(C(=O)C1=C(C(=O)O)CCC1)c1ccc(-c2ccccc2)cc1F. The molecular weight excluding hydrogens is 337 g/mol. The first-order valence-electron chi connectivity index (χ1n) is 8.21. The lowest BCUT2D eigenvalue weighted by Gasteiger charge is -2.21. The fourth-order valence-electron chi connectivity index (χ4n) is 3.11. The van der Waals surface area contributed by atoms with E-state index in [1.54, 1.807) is 6.07 Å². The number of nitrogens with zero attached hydrogens (tertiary/aromatic N) is 1. The zero-order chi connectivity index (χ0) is 18.7. The van der Waals surface area contributed by atoms with E-state index in [2.05, 4.69) is 0 Å². The Morgan fingerprint density at radius 2 is 1.73 bits per heavy atom. The second-order valence-corrected chi connectivity index (χ2v) is 5.93. The van der Waals surface area contributed by atoms with E-state index in [9.17, 15) is 19.1 Å². The summed E-state index contributed by atoms with van der Waals surface area (Å²) >= 11 is 0. The standard InChI is InChI=1S/C20H18FNO4/c1-26-22(19(23)15-8-5-9-16(15)20(24)25)18-11-10-14(12-17(18)21)13-6-3-2-4-7-13/h2-4,6-7,10-12H,5,8-9H2,1H3,(H,24,25). The van der Waals surface area contributed by atoms with Crippen molar-refractivity contribution in [3.63, 3.8) is 0 Å². The van der Waals surface area contributed by atoms with Crippen molar-refractivity contribution in [3.05, 3.63) is 65.5 Å². The number of aliphatic carboxylic acids is 1. The van der Waals surface area contributed by atoms with E-state index in [-0.39, 0.29) is 16.8 Å². The molecule has 1 N–H and O–H groups in total. The summed E-state index contributed by atoms with van der Waals surface area (Å²) in [5, 5.41) is 10.0. The van der Waals surface area contributed by atoms with Crippen molar-refractivity contribution in [3.8, 4) is 11.1 Å². The van der Waals surface area contributed by atoms with Gasteiger partial charge in [-0.05, 0) is 42.5 Å². The third kappa shape index (κ3) is 3.36. The Balaban J connectivity index is 1.95. The molecule has 0 aliphatic heterocycles. The number of anilines is 1. The van der Waals surface area contributed by atoms with Crippen molar-refractivity contribution in [2.45, 2.75) is 19.3 Å². The van der Waals surface area contributed by atoms with Crippen LogP contribution in [-0.2, 0) is 14.4 Å². The molecule has 2 aromatic rings. The van der Waals surface area contributed by atoms with Crippen LogP contribution in [0.4, 0.5) is 10.1 Å². The van der Waals surface area contributed by atoms with Crippen LogP contribution >= 0.6 is 0 Å². The molecule has 0 fully saturated rings. The number of benzene rings is 2. The van der Waals surface area contributed by atoms with Gasteiger partial charge in [0.25, 0.3) is 5.91 Å². The number of hydroxylamine groups is 1. The number of amides is 1. The normalized spacial score (nSPS) is 13.8. The van der Waals surface area contributed by atoms with Crippen LogP contribution in [0.15, 0.2) is 59.7 Å². The fraction of sp³-hybridized carbons (Fsp3) is 0.200. The van der Waals surface area contributed by atoms with Crippen LogP contribution in [0.3, 0.4) is 0 Å². The Kier molecular flexibility index (Phi) is 5.14. The Bertz CT molecular complexity index is 877. The third-order valence-corrected chi connectivity index (χ3v) is 4.37. The van der Waals surface area contributed by atoms with E-state index >= 15 is 0 Å². The Morgan fingerprint density at radius 1 is 1.04 bits per heavy atom. The highest BCUT2D eigenvalue weighted by Gasteiger charge is 2.30. The van der Waals surface area contributed by atoms with Crippen LogP contribution in [0, 0.1) is 5.82 Å². The van der Waals surface area contributed by atoms with Gasteiger partial charge in [-0.1, -0.05) is 36.4 Å². The maximum Gasteiger partial charge on any atom is 0.332 e. The molecular formula is C20H18FNO4. The van der Waals surface area contributed by atoms with Gasteiger partial charge < -0.3 is 5.11 Å². The molecule has 5 nitrogen and oxygen atoms in total. The molecule has 134 valence electrons. The van der Waals surface area contributed by atoms with Crippen molar-refractivity contribution in [2.75, 3.05) is 12.2 Å². The first-order chi connectivity index (χ1) is 12.5. The monoisotopic (exact) mass is 355 g/mol. The van der Waals surface area contributed by atoms with E-state index in [0.717, 1.165) is 10.6 Å². The first kappa shape index (κ1) is 17.8. The van der Waals surface area contributed by atoms with E-state index in [4.69, 9.17) is 4.84 Å². The van der Waals surface area contributed by atoms with Crippen molar-refractivity contribution >= 4 is 17.6 Å². The Labute approximate surface area is 150 Å². The summed E-state index contributed by atoms with van der Waals surface area (Å²) < 4.78 is 14.7. The number of rotatable bonds is 5. The molecule has 0 saturated heterocycles. The minimum absolute atomic E-state index is 0.0543. The lowest BCUT2D eigenvalue weighted by Crippen LogP contribution is -2.32. The van der Waals surface area contributed by atoms with Gasteiger partial charge in [0.15, 0.2) is 0 Å². The van der Waals surface area contributed by atoms with Crippen molar-refractivity contribution in [2.24, 2.45) is 0 Å². The lowest BCUT2D eigenvalue weighted by atomic mass is 10.0. The second-order valence-electron chi connectivity index (χ2n) is 5.93. The second kappa shape index (κ2) is 7.49. The molecule has 0 radical (unpaired) electrons. The smallest absolute Gasteiger partial charge is 0.332 e. The lowest BCUT2D eigenvalue weighted by molar-refractivity contribution is -0.133. The van der Waals surface area contributed by atoms with Gasteiger partial charge in [-0.2, -0.15) is 5.06 Å². The van der Waals surface area contributed by atoms with Crippen LogP contribution in [0.2, 0.25) is 0 Å². The van der Waals surface area contributed by atoms with Gasteiger partial charge in [0.1, 0.15) is 11.5 Å². The fourth-order valence-corrected chi connectivity index (χ4v) is 3.11. The molecule has 2 aromatic carbocycles. The van der Waals surface area contributed by atoms with Gasteiger partial charge in [0.05, 0.1) is 7.11 Å². The zero-order valence-electron chi connectivity index (χ0n) is 14.2. The maximum atomic E-state index is 14.7. The molecule has 0 bridgehead atoms. The molecule has 0 saturated carbocycles. The average Bonchev–Trinajstić information content (AvgIpc) is 3.14. The number of halogens is 1. The number of carbonyl (C=O) groups is 2. The molecule has 0 atom stereocenters. The van der Waals surface area contributed by atoms with Crippen molar-refractivity contribution in [1.82, 2.24) is 0 Å². The van der Waals surface area contributed by atoms with Gasteiger partial charge >= 0.3 is 5.97 Å². The first-order valence-corrected chi connectivity index (χ1v) is 8.21. The molecule has 1 aliphatic carbocycles. The number of carboxylic acids is 1. The van der Waals surface area contributed by atoms with Crippen LogP contribution < -0.4 is 5.06 Å². The summed E-state index contributed by atoms with van der Waals surface area (Å²) in [5.41, 5.74) is 1.69. The zero-order valence-corrected chi connectivity index (χ0v) is 14.2. The van der Waals surface area contributed by atoms with Crippen LogP contribution in [0.25, 0.3) is 11.1 Å². The Hall–Kier alpha value is -2.99. The third-order valence-electron chi connectivity index (χ3n) is 4.37. The maximum absolute atomic E-state index is 14.7. The van der Waals surface area contributed by atoms with E-state index in [0.29, 0.717) is 24.8 Å². The summed E-state index contributed by atoms with van der Waals surface area (Å²) in [5.74, 6) is -2.40. The minimum Gasteiger partial charge on any atom is -0.478 e. The molecule has 0 heterocycles. The highest BCUT2D eigenvalue weighted by molar-refractivity contribution is 6.09.